The summed E-state index contributed by atoms with van der Waals surface area (Å²) < 4.78 is 0.836. The number of rotatable bonds is 4. The SMILES string of the molecule is O=C(c1ccc(Cl)cc1)C1CCN(Cc2ccc(Cl)s2)CC1. The zero-order chi connectivity index (χ0) is 15.5. The number of thiophene rings is 1. The lowest BCUT2D eigenvalue weighted by molar-refractivity contribution is 0.0835. The first-order valence-corrected chi connectivity index (χ1v) is 8.95. The molecule has 2 aromatic rings. The van der Waals surface area contributed by atoms with Crippen LogP contribution in [0.25, 0.3) is 0 Å². The van der Waals surface area contributed by atoms with E-state index in [9.17, 15) is 4.79 Å². The maximum Gasteiger partial charge on any atom is 0.166 e. The summed E-state index contributed by atoms with van der Waals surface area (Å²) in [4.78, 5) is 16.2. The Morgan fingerprint density at radius 3 is 2.36 bits per heavy atom. The van der Waals surface area contributed by atoms with E-state index < -0.39 is 0 Å². The second-order valence-electron chi connectivity index (χ2n) is 5.63. The van der Waals surface area contributed by atoms with E-state index in [1.54, 1.807) is 23.5 Å². The van der Waals surface area contributed by atoms with Crippen molar-refractivity contribution in [2.75, 3.05) is 13.1 Å². The number of likely N-dealkylation sites (tertiary alicyclic amines) is 1. The molecule has 2 nitrogen and oxygen atoms in total. The summed E-state index contributed by atoms with van der Waals surface area (Å²) >= 11 is 13.5. The summed E-state index contributed by atoms with van der Waals surface area (Å²) in [6, 6.07) is 11.2. The number of benzene rings is 1. The van der Waals surface area contributed by atoms with Crippen LogP contribution in [0.2, 0.25) is 9.36 Å². The molecule has 1 aliphatic rings. The van der Waals surface area contributed by atoms with Gasteiger partial charge in [0.1, 0.15) is 0 Å². The van der Waals surface area contributed by atoms with Crippen molar-refractivity contribution in [1.29, 1.82) is 0 Å². The van der Waals surface area contributed by atoms with Crippen LogP contribution in [-0.4, -0.2) is 23.8 Å². The third-order valence-electron chi connectivity index (χ3n) is 4.10. The maximum atomic E-state index is 12.5. The molecule has 0 radical (unpaired) electrons. The van der Waals surface area contributed by atoms with Gasteiger partial charge in [-0.25, -0.2) is 0 Å². The zero-order valence-corrected chi connectivity index (χ0v) is 14.4. The number of ketones is 1. The molecule has 1 aliphatic heterocycles. The Morgan fingerprint density at radius 2 is 1.77 bits per heavy atom. The molecule has 0 bridgehead atoms. The van der Waals surface area contributed by atoms with Gasteiger partial charge in [0, 0.05) is 27.9 Å². The predicted octanol–water partition coefficient (Wildman–Crippen LogP) is 5.15. The van der Waals surface area contributed by atoms with E-state index in [1.165, 1.54) is 4.88 Å². The van der Waals surface area contributed by atoms with E-state index in [1.807, 2.05) is 18.2 Å². The van der Waals surface area contributed by atoms with Gasteiger partial charge in [0.2, 0.25) is 0 Å². The minimum absolute atomic E-state index is 0.129. The van der Waals surface area contributed by atoms with Gasteiger partial charge in [0.15, 0.2) is 5.78 Å². The van der Waals surface area contributed by atoms with Crippen molar-refractivity contribution in [3.05, 3.63) is 56.2 Å². The van der Waals surface area contributed by atoms with Crippen LogP contribution in [0, 0.1) is 5.92 Å². The molecule has 0 atom stereocenters. The Balaban J connectivity index is 1.55. The summed E-state index contributed by atoms with van der Waals surface area (Å²) in [5, 5.41) is 0.668. The zero-order valence-electron chi connectivity index (χ0n) is 12.1. The molecule has 0 aliphatic carbocycles. The first-order chi connectivity index (χ1) is 10.6. The molecule has 1 fully saturated rings. The fourth-order valence-corrected chi connectivity index (χ4v) is 4.12. The lowest BCUT2D eigenvalue weighted by Crippen LogP contribution is -2.35. The highest BCUT2D eigenvalue weighted by molar-refractivity contribution is 7.16. The largest absolute Gasteiger partial charge is 0.298 e. The average Bonchev–Trinajstić information content (AvgIpc) is 2.93. The number of carbonyl (C=O) groups is 1. The molecule has 5 heteroatoms. The summed E-state index contributed by atoms with van der Waals surface area (Å²) in [6.45, 7) is 2.85. The number of halogens is 2. The van der Waals surface area contributed by atoms with Crippen molar-refractivity contribution >= 4 is 40.3 Å². The molecular weight excluding hydrogens is 337 g/mol. The van der Waals surface area contributed by atoms with Crippen LogP contribution in [0.15, 0.2) is 36.4 Å². The quantitative estimate of drug-likeness (QED) is 0.708. The third-order valence-corrected chi connectivity index (χ3v) is 5.56. The summed E-state index contributed by atoms with van der Waals surface area (Å²) in [5.74, 6) is 0.375. The van der Waals surface area contributed by atoms with Crippen molar-refractivity contribution in [3.8, 4) is 0 Å². The fourth-order valence-electron chi connectivity index (χ4n) is 2.86. The normalized spacial score (nSPS) is 16.8. The third kappa shape index (κ3) is 3.90. The van der Waals surface area contributed by atoms with Crippen LogP contribution in [-0.2, 0) is 6.54 Å². The predicted molar refractivity (Wildman–Crippen MR) is 93.1 cm³/mol. The van der Waals surface area contributed by atoms with Gasteiger partial charge in [0.25, 0.3) is 0 Å². The number of carbonyl (C=O) groups excluding carboxylic acids is 1. The van der Waals surface area contributed by atoms with Crippen LogP contribution in [0.3, 0.4) is 0 Å². The summed E-state index contributed by atoms with van der Waals surface area (Å²) in [5.41, 5.74) is 0.771. The second-order valence-corrected chi connectivity index (χ2v) is 7.86. The van der Waals surface area contributed by atoms with Gasteiger partial charge in [-0.1, -0.05) is 23.2 Å². The van der Waals surface area contributed by atoms with Crippen molar-refractivity contribution < 1.29 is 4.79 Å². The van der Waals surface area contributed by atoms with Gasteiger partial charge in [-0.05, 0) is 62.3 Å². The molecule has 0 N–H and O–H groups in total. The van der Waals surface area contributed by atoms with Crippen LogP contribution in [0.4, 0.5) is 0 Å². The van der Waals surface area contributed by atoms with Crippen molar-refractivity contribution in [2.24, 2.45) is 5.92 Å². The first-order valence-electron chi connectivity index (χ1n) is 7.38. The molecule has 0 spiro atoms. The van der Waals surface area contributed by atoms with Crippen molar-refractivity contribution in [3.63, 3.8) is 0 Å². The number of nitrogens with zero attached hydrogens (tertiary/aromatic N) is 1. The summed E-state index contributed by atoms with van der Waals surface area (Å²) in [7, 11) is 0. The Morgan fingerprint density at radius 1 is 1.09 bits per heavy atom. The Labute approximate surface area is 144 Å². The lowest BCUT2D eigenvalue weighted by atomic mass is 9.89. The van der Waals surface area contributed by atoms with Crippen molar-refractivity contribution in [2.45, 2.75) is 19.4 Å². The van der Waals surface area contributed by atoms with E-state index in [0.717, 1.165) is 42.4 Å². The molecule has 116 valence electrons. The van der Waals surface area contributed by atoms with Gasteiger partial charge in [-0.2, -0.15) is 0 Å². The maximum absolute atomic E-state index is 12.5. The number of hydrogen-bond donors (Lipinski definition) is 0. The number of piperidine rings is 1. The smallest absolute Gasteiger partial charge is 0.166 e. The van der Waals surface area contributed by atoms with Gasteiger partial charge < -0.3 is 0 Å². The van der Waals surface area contributed by atoms with Gasteiger partial charge in [-0.15, -0.1) is 11.3 Å². The molecule has 1 saturated heterocycles. The van der Waals surface area contributed by atoms with Crippen LogP contribution < -0.4 is 0 Å². The first kappa shape index (κ1) is 16.0. The Kier molecular flexibility index (Phi) is 5.19. The minimum atomic E-state index is 0.129. The van der Waals surface area contributed by atoms with Crippen molar-refractivity contribution in [1.82, 2.24) is 4.90 Å². The number of hydrogen-bond acceptors (Lipinski definition) is 3. The molecular formula is C17H17Cl2NOS. The topological polar surface area (TPSA) is 20.3 Å². The van der Waals surface area contributed by atoms with Crippen LogP contribution >= 0.6 is 34.5 Å². The summed E-state index contributed by atoms with van der Waals surface area (Å²) in [6.07, 6.45) is 1.83. The minimum Gasteiger partial charge on any atom is -0.298 e. The molecule has 3 rings (SSSR count). The Hall–Kier alpha value is -0.870. The molecule has 0 unspecified atom stereocenters. The van der Waals surface area contributed by atoms with E-state index in [0.29, 0.717) is 5.02 Å². The molecule has 1 aromatic carbocycles. The monoisotopic (exact) mass is 353 g/mol. The number of Topliss-reactive ketones (excluding diaryl/α,β-unsaturated/α-hetero) is 1. The highest BCUT2D eigenvalue weighted by Gasteiger charge is 2.25. The van der Waals surface area contributed by atoms with Gasteiger partial charge in [-0.3, -0.25) is 9.69 Å². The lowest BCUT2D eigenvalue weighted by Gasteiger charge is -2.30. The molecule has 0 saturated carbocycles. The average molecular weight is 354 g/mol. The second kappa shape index (κ2) is 7.14. The van der Waals surface area contributed by atoms with Crippen LogP contribution in [0.1, 0.15) is 28.1 Å². The van der Waals surface area contributed by atoms with Crippen LogP contribution in [0.5, 0.6) is 0 Å². The molecule has 22 heavy (non-hydrogen) atoms. The van der Waals surface area contributed by atoms with Gasteiger partial charge in [0.05, 0.1) is 4.34 Å². The molecule has 2 heterocycles. The van der Waals surface area contributed by atoms with E-state index in [2.05, 4.69) is 11.0 Å². The molecule has 0 amide bonds. The van der Waals surface area contributed by atoms with E-state index in [-0.39, 0.29) is 11.7 Å². The molecule has 1 aromatic heterocycles. The highest BCUT2D eigenvalue weighted by Crippen LogP contribution is 2.26. The van der Waals surface area contributed by atoms with Gasteiger partial charge >= 0.3 is 0 Å². The highest BCUT2D eigenvalue weighted by atomic mass is 35.5. The standard InChI is InChI=1S/C17H17Cl2NOS/c18-14-3-1-12(2-4-14)17(21)13-7-9-20(10-8-13)11-15-5-6-16(19)22-15/h1-6,13H,7-11H2. The van der Waals surface area contributed by atoms with E-state index in [4.69, 9.17) is 23.2 Å². The van der Waals surface area contributed by atoms with E-state index >= 15 is 0 Å². The fraction of sp³-hybridized carbons (Fsp3) is 0.353. The Bertz CT molecular complexity index is 645.